The predicted octanol–water partition coefficient (Wildman–Crippen LogP) is 8.03. The normalized spacial score (nSPS) is 11.4. The maximum atomic E-state index is 13.7. The molecule has 214 valence electrons. The number of amides is 1. The predicted molar refractivity (Wildman–Crippen MR) is 172 cm³/mol. The van der Waals surface area contributed by atoms with Crippen LogP contribution in [0.25, 0.3) is 33.5 Å². The van der Waals surface area contributed by atoms with Crippen LogP contribution in [-0.2, 0) is 4.79 Å². The number of benzene rings is 4. The van der Waals surface area contributed by atoms with Crippen LogP contribution in [0.2, 0.25) is 5.02 Å². The van der Waals surface area contributed by atoms with Crippen LogP contribution in [-0.4, -0.2) is 28.4 Å². The SMILES string of the molecule is O=C(COc1c(Br)cc(Cl)cc1C=Nn1c(-c2cc3cc(Br)ccc3o2)nc2ccccc2c1=O)Nc1ccc(F)cc1. The van der Waals surface area contributed by atoms with Crippen LogP contribution in [0, 0.1) is 5.82 Å². The molecule has 2 aromatic heterocycles. The molecular weight excluding hydrogens is 707 g/mol. The van der Waals surface area contributed by atoms with Gasteiger partial charge in [-0.25, -0.2) is 9.37 Å². The average molecular weight is 725 g/mol. The summed E-state index contributed by atoms with van der Waals surface area (Å²) in [6, 6.07) is 22.8. The van der Waals surface area contributed by atoms with Crippen LogP contribution in [0.4, 0.5) is 10.1 Å². The van der Waals surface area contributed by atoms with Crippen LogP contribution >= 0.6 is 43.5 Å². The van der Waals surface area contributed by atoms with Gasteiger partial charge in [-0.3, -0.25) is 9.59 Å². The summed E-state index contributed by atoms with van der Waals surface area (Å²) >= 11 is 13.2. The van der Waals surface area contributed by atoms with Crippen molar-refractivity contribution in [1.29, 1.82) is 0 Å². The van der Waals surface area contributed by atoms with E-state index in [0.29, 0.717) is 43.0 Å². The number of carbonyl (C=O) groups excluding carboxylic acids is 1. The Balaban J connectivity index is 1.38. The standard InChI is InChI=1S/C31H18Br2ClFN4O4/c32-19-5-10-26-17(11-19)13-27(43-26)30-38-25-4-2-1-3-23(25)31(41)39(30)36-15-18-12-20(34)14-24(33)29(18)42-16-28(40)37-22-8-6-21(35)7-9-22/h1-15H,16H2,(H,37,40). The number of hydrogen-bond donors (Lipinski definition) is 1. The van der Waals surface area contributed by atoms with Gasteiger partial charge in [0.1, 0.15) is 17.1 Å². The lowest BCUT2D eigenvalue weighted by atomic mass is 10.2. The largest absolute Gasteiger partial charge is 0.482 e. The van der Waals surface area contributed by atoms with E-state index < -0.39 is 17.3 Å². The number of aromatic nitrogens is 2. The van der Waals surface area contributed by atoms with Crippen molar-refractivity contribution < 1.29 is 18.3 Å². The third-order valence-electron chi connectivity index (χ3n) is 6.28. The zero-order valence-corrected chi connectivity index (χ0v) is 25.8. The highest BCUT2D eigenvalue weighted by molar-refractivity contribution is 9.10. The highest BCUT2D eigenvalue weighted by Crippen LogP contribution is 2.33. The van der Waals surface area contributed by atoms with Gasteiger partial charge in [-0.15, -0.1) is 0 Å². The number of hydrogen-bond acceptors (Lipinski definition) is 6. The van der Waals surface area contributed by atoms with Gasteiger partial charge in [0, 0.05) is 26.1 Å². The molecule has 12 heteroatoms. The fourth-order valence-corrected chi connectivity index (χ4v) is 5.66. The molecule has 6 rings (SSSR count). The summed E-state index contributed by atoms with van der Waals surface area (Å²) in [5.74, 6) is -0.0891. The fourth-order valence-electron chi connectivity index (χ4n) is 4.33. The summed E-state index contributed by atoms with van der Waals surface area (Å²) in [6.45, 7) is -0.365. The molecule has 4 aromatic carbocycles. The molecule has 0 bridgehead atoms. The Labute approximate surface area is 265 Å². The van der Waals surface area contributed by atoms with Crippen molar-refractivity contribution in [2.75, 3.05) is 11.9 Å². The quantitative estimate of drug-likeness (QED) is 0.168. The van der Waals surface area contributed by atoms with E-state index in [1.807, 2.05) is 18.2 Å². The van der Waals surface area contributed by atoms with E-state index in [1.54, 1.807) is 42.5 Å². The fraction of sp³-hybridized carbons (Fsp3) is 0.0323. The Morgan fingerprint density at radius 3 is 2.67 bits per heavy atom. The lowest BCUT2D eigenvalue weighted by molar-refractivity contribution is -0.118. The third kappa shape index (κ3) is 6.24. The van der Waals surface area contributed by atoms with E-state index in [4.69, 9.17) is 25.7 Å². The van der Waals surface area contributed by atoms with E-state index in [-0.39, 0.29) is 18.2 Å². The molecule has 0 fully saturated rings. The smallest absolute Gasteiger partial charge is 0.282 e. The minimum atomic E-state index is -0.467. The molecule has 0 aliphatic heterocycles. The van der Waals surface area contributed by atoms with Gasteiger partial charge in [0.15, 0.2) is 12.4 Å². The number of fused-ring (bicyclic) bond motifs is 2. The number of para-hydroxylation sites is 1. The molecule has 2 heterocycles. The second-order valence-corrected chi connectivity index (χ2v) is 11.5. The lowest BCUT2D eigenvalue weighted by Gasteiger charge is -2.12. The second kappa shape index (κ2) is 12.1. The van der Waals surface area contributed by atoms with Crippen LogP contribution in [0.1, 0.15) is 5.56 Å². The summed E-state index contributed by atoms with van der Waals surface area (Å²) in [7, 11) is 0. The zero-order chi connectivity index (χ0) is 30.1. The van der Waals surface area contributed by atoms with Crippen LogP contribution in [0.3, 0.4) is 0 Å². The first-order chi connectivity index (χ1) is 20.7. The highest BCUT2D eigenvalue weighted by atomic mass is 79.9. The Hall–Kier alpha value is -4.32. The summed E-state index contributed by atoms with van der Waals surface area (Å²) in [4.78, 5) is 30.9. The molecule has 0 aliphatic rings. The van der Waals surface area contributed by atoms with Crippen molar-refractivity contribution in [2.24, 2.45) is 5.10 Å². The van der Waals surface area contributed by atoms with E-state index in [1.165, 1.54) is 30.5 Å². The van der Waals surface area contributed by atoms with Crippen LogP contribution in [0.5, 0.6) is 5.75 Å². The molecule has 0 saturated carbocycles. The number of furan rings is 1. The van der Waals surface area contributed by atoms with Crippen molar-refractivity contribution in [2.45, 2.75) is 0 Å². The van der Waals surface area contributed by atoms with E-state index >= 15 is 0 Å². The lowest BCUT2D eigenvalue weighted by Crippen LogP contribution is -2.21. The number of halogens is 4. The van der Waals surface area contributed by atoms with E-state index in [0.717, 1.165) is 14.5 Å². The van der Waals surface area contributed by atoms with Gasteiger partial charge >= 0.3 is 0 Å². The van der Waals surface area contributed by atoms with Crippen molar-refractivity contribution in [3.8, 4) is 17.3 Å². The van der Waals surface area contributed by atoms with Gasteiger partial charge < -0.3 is 14.5 Å². The first kappa shape index (κ1) is 28.8. The minimum Gasteiger partial charge on any atom is -0.482 e. The Morgan fingerprint density at radius 2 is 1.86 bits per heavy atom. The maximum Gasteiger partial charge on any atom is 0.282 e. The van der Waals surface area contributed by atoms with E-state index in [9.17, 15) is 14.0 Å². The van der Waals surface area contributed by atoms with Gasteiger partial charge in [-0.2, -0.15) is 9.78 Å². The third-order valence-corrected chi connectivity index (χ3v) is 7.58. The number of anilines is 1. The molecule has 0 atom stereocenters. The Kier molecular flexibility index (Phi) is 8.11. The van der Waals surface area contributed by atoms with Crippen molar-refractivity contribution in [1.82, 2.24) is 9.66 Å². The minimum absolute atomic E-state index is 0.189. The Morgan fingerprint density at radius 1 is 1.07 bits per heavy atom. The number of rotatable bonds is 7. The summed E-state index contributed by atoms with van der Waals surface area (Å²) in [5, 5.41) is 8.67. The van der Waals surface area contributed by atoms with Gasteiger partial charge in [-0.1, -0.05) is 39.7 Å². The first-order valence-corrected chi connectivity index (χ1v) is 14.6. The maximum absolute atomic E-state index is 13.7. The number of ether oxygens (including phenoxy) is 1. The molecule has 8 nitrogen and oxygen atoms in total. The molecule has 0 unspecified atom stereocenters. The van der Waals surface area contributed by atoms with Crippen LogP contribution in [0.15, 0.2) is 108 Å². The average Bonchev–Trinajstić information content (AvgIpc) is 3.40. The van der Waals surface area contributed by atoms with Crippen molar-refractivity contribution in [3.05, 3.63) is 121 Å². The number of carbonyl (C=O) groups is 1. The van der Waals surface area contributed by atoms with Gasteiger partial charge in [0.25, 0.3) is 11.5 Å². The summed E-state index contributed by atoms with van der Waals surface area (Å²) < 4.78 is 27.6. The zero-order valence-electron chi connectivity index (χ0n) is 21.9. The molecule has 6 aromatic rings. The topological polar surface area (TPSA) is 98.7 Å². The molecule has 1 amide bonds. The molecule has 0 spiro atoms. The highest BCUT2D eigenvalue weighted by Gasteiger charge is 2.18. The van der Waals surface area contributed by atoms with Gasteiger partial charge in [0.2, 0.25) is 5.82 Å². The van der Waals surface area contributed by atoms with Crippen molar-refractivity contribution >= 4 is 83.1 Å². The second-order valence-electron chi connectivity index (χ2n) is 9.26. The molecule has 0 aliphatic carbocycles. The molecular formula is C31H18Br2ClFN4O4. The monoisotopic (exact) mass is 722 g/mol. The van der Waals surface area contributed by atoms with Crippen LogP contribution < -0.4 is 15.6 Å². The summed E-state index contributed by atoms with van der Waals surface area (Å²) in [5.41, 5.74) is 1.48. The molecule has 43 heavy (non-hydrogen) atoms. The van der Waals surface area contributed by atoms with E-state index in [2.05, 4.69) is 42.3 Å². The number of nitrogens with one attached hydrogen (secondary N) is 1. The molecule has 0 saturated heterocycles. The van der Waals surface area contributed by atoms with Crippen molar-refractivity contribution in [3.63, 3.8) is 0 Å². The first-order valence-electron chi connectivity index (χ1n) is 12.7. The number of nitrogens with zero attached hydrogens (tertiary/aromatic N) is 3. The molecule has 1 N–H and O–H groups in total. The Bertz CT molecular complexity index is 2110. The molecule has 0 radical (unpaired) electrons. The van der Waals surface area contributed by atoms with Gasteiger partial charge in [0.05, 0.1) is 21.6 Å². The summed E-state index contributed by atoms with van der Waals surface area (Å²) in [6.07, 6.45) is 1.39. The van der Waals surface area contributed by atoms with Gasteiger partial charge in [-0.05, 0) is 88.7 Å².